The summed E-state index contributed by atoms with van der Waals surface area (Å²) in [6.45, 7) is 7.23. The van der Waals surface area contributed by atoms with Gasteiger partial charge in [-0.1, -0.05) is 6.07 Å². The molecule has 3 aliphatic heterocycles. The molecule has 3 amide bonds. The number of carbonyl (C=O) groups is 3. The first-order valence-corrected chi connectivity index (χ1v) is 14.0. The molecule has 3 saturated heterocycles. The van der Waals surface area contributed by atoms with Gasteiger partial charge in [0.05, 0.1) is 12.0 Å². The first-order chi connectivity index (χ1) is 17.9. The topological polar surface area (TPSA) is 97.9 Å². The van der Waals surface area contributed by atoms with Crippen LogP contribution in [0.2, 0.25) is 0 Å². The van der Waals surface area contributed by atoms with Crippen LogP contribution in [-0.4, -0.2) is 97.3 Å². The second kappa shape index (κ2) is 12.8. The monoisotopic (exact) mass is 512 g/mol. The molecule has 4 heterocycles. The van der Waals surface area contributed by atoms with Crippen LogP contribution in [0.3, 0.4) is 0 Å². The van der Waals surface area contributed by atoms with E-state index >= 15 is 0 Å². The summed E-state index contributed by atoms with van der Waals surface area (Å²) < 4.78 is 0. The Morgan fingerprint density at radius 2 is 1.70 bits per heavy atom. The third kappa shape index (κ3) is 7.08. The highest BCUT2D eigenvalue weighted by Gasteiger charge is 2.42. The molecule has 4 rings (SSSR count). The highest BCUT2D eigenvalue weighted by atomic mass is 16.2. The van der Waals surface area contributed by atoms with E-state index in [1.54, 1.807) is 31.4 Å². The molecule has 2 N–H and O–H groups in total. The molecule has 9 heteroatoms. The van der Waals surface area contributed by atoms with Crippen LogP contribution in [0.4, 0.5) is 0 Å². The van der Waals surface area contributed by atoms with Gasteiger partial charge in [0.25, 0.3) is 0 Å². The van der Waals surface area contributed by atoms with Crippen LogP contribution in [0.15, 0.2) is 24.5 Å². The predicted octanol–water partition coefficient (Wildman–Crippen LogP) is 1.81. The van der Waals surface area contributed by atoms with Crippen molar-refractivity contribution < 1.29 is 14.4 Å². The van der Waals surface area contributed by atoms with Crippen molar-refractivity contribution in [2.75, 3.05) is 59.9 Å². The maximum Gasteiger partial charge on any atom is 0.226 e. The summed E-state index contributed by atoms with van der Waals surface area (Å²) >= 11 is 0. The fourth-order valence-electron chi connectivity index (χ4n) is 6.35. The Morgan fingerprint density at radius 1 is 1.05 bits per heavy atom. The number of amides is 3. The second-order valence-corrected chi connectivity index (χ2v) is 11.2. The van der Waals surface area contributed by atoms with E-state index in [1.807, 2.05) is 12.1 Å². The van der Waals surface area contributed by atoms with Gasteiger partial charge < -0.3 is 25.3 Å². The molecule has 1 aromatic heterocycles. The molecule has 204 valence electrons. The predicted molar refractivity (Wildman–Crippen MR) is 143 cm³/mol. The number of nitrogens with one attached hydrogen (secondary N) is 2. The number of carbonyl (C=O) groups excluding carboxylic acids is 3. The molecule has 0 saturated carbocycles. The maximum absolute atomic E-state index is 13.0. The Morgan fingerprint density at radius 3 is 2.30 bits per heavy atom. The van der Waals surface area contributed by atoms with Crippen molar-refractivity contribution in [3.63, 3.8) is 0 Å². The van der Waals surface area contributed by atoms with Gasteiger partial charge in [0.2, 0.25) is 17.7 Å². The molecule has 0 radical (unpaired) electrons. The molecule has 3 aliphatic rings. The number of hydrogen-bond acceptors (Lipinski definition) is 6. The lowest BCUT2D eigenvalue weighted by Gasteiger charge is -2.47. The number of hydrogen-bond donors (Lipinski definition) is 2. The molecular formula is C28H44N6O3. The van der Waals surface area contributed by atoms with E-state index in [2.05, 4.69) is 25.4 Å². The first kappa shape index (κ1) is 27.5. The van der Waals surface area contributed by atoms with Crippen LogP contribution in [0.1, 0.15) is 63.0 Å². The van der Waals surface area contributed by atoms with Crippen molar-refractivity contribution in [2.24, 2.45) is 11.3 Å². The molecule has 1 spiro atoms. The van der Waals surface area contributed by atoms with Crippen molar-refractivity contribution in [1.29, 1.82) is 0 Å². The molecule has 0 bridgehead atoms. The number of nitrogens with zero attached hydrogens (tertiary/aromatic N) is 4. The van der Waals surface area contributed by atoms with Crippen LogP contribution in [0.5, 0.6) is 0 Å². The van der Waals surface area contributed by atoms with E-state index in [0.717, 1.165) is 57.7 Å². The fraction of sp³-hybridized carbons (Fsp3) is 0.714. The zero-order valence-electron chi connectivity index (χ0n) is 22.6. The fourth-order valence-corrected chi connectivity index (χ4v) is 6.35. The van der Waals surface area contributed by atoms with Gasteiger partial charge in [-0.2, -0.15) is 0 Å². The summed E-state index contributed by atoms with van der Waals surface area (Å²) in [5.41, 5.74) is 1.40. The van der Waals surface area contributed by atoms with Crippen molar-refractivity contribution in [2.45, 2.75) is 57.4 Å². The average molecular weight is 513 g/mol. The van der Waals surface area contributed by atoms with Gasteiger partial charge in [-0.15, -0.1) is 0 Å². The minimum Gasteiger partial charge on any atom is -0.359 e. The Balaban J connectivity index is 1.13. The summed E-state index contributed by atoms with van der Waals surface area (Å²) in [5, 5.41) is 5.80. The molecule has 2 atom stereocenters. The van der Waals surface area contributed by atoms with Crippen LogP contribution in [-0.2, 0) is 14.4 Å². The summed E-state index contributed by atoms with van der Waals surface area (Å²) in [4.78, 5) is 47.7. The van der Waals surface area contributed by atoms with Crippen molar-refractivity contribution in [3.8, 4) is 0 Å². The summed E-state index contributed by atoms with van der Waals surface area (Å²) in [6, 6.07) is 3.54. The number of rotatable bonds is 10. The van der Waals surface area contributed by atoms with Crippen LogP contribution in [0, 0.1) is 11.3 Å². The molecule has 9 nitrogen and oxygen atoms in total. The molecule has 37 heavy (non-hydrogen) atoms. The number of piperidine rings is 2. The SMILES string of the molecule is CNC(=O)CCCN1CCC2(CCN(CCCNC(=O)[C@H]3CC(=O)N(C)[C@@H]3c3cccnc3)CC2)CC1. The molecule has 0 unspecified atom stereocenters. The van der Waals surface area contributed by atoms with Gasteiger partial charge in [0.1, 0.15) is 0 Å². The van der Waals surface area contributed by atoms with E-state index in [0.29, 0.717) is 18.4 Å². The minimum atomic E-state index is -0.369. The third-order valence-corrected chi connectivity index (χ3v) is 8.89. The minimum absolute atomic E-state index is 0.00553. The Hall–Kier alpha value is -2.52. The van der Waals surface area contributed by atoms with Crippen LogP contribution < -0.4 is 10.6 Å². The third-order valence-electron chi connectivity index (χ3n) is 8.89. The van der Waals surface area contributed by atoms with Crippen LogP contribution in [0.25, 0.3) is 0 Å². The van der Waals surface area contributed by atoms with Crippen molar-refractivity contribution in [3.05, 3.63) is 30.1 Å². The quantitative estimate of drug-likeness (QED) is 0.464. The zero-order chi connectivity index (χ0) is 26.3. The van der Waals surface area contributed by atoms with E-state index in [4.69, 9.17) is 0 Å². The van der Waals surface area contributed by atoms with E-state index in [1.165, 1.54) is 25.7 Å². The van der Waals surface area contributed by atoms with Gasteiger partial charge in [0, 0.05) is 45.9 Å². The largest absolute Gasteiger partial charge is 0.359 e. The summed E-state index contributed by atoms with van der Waals surface area (Å²) in [7, 11) is 3.47. The van der Waals surface area contributed by atoms with E-state index in [-0.39, 0.29) is 36.1 Å². The molecular weight excluding hydrogens is 468 g/mol. The maximum atomic E-state index is 13.0. The molecule has 0 aromatic carbocycles. The number of pyridine rings is 1. The van der Waals surface area contributed by atoms with Crippen LogP contribution >= 0.6 is 0 Å². The number of likely N-dealkylation sites (tertiary alicyclic amines) is 3. The lowest BCUT2D eigenvalue weighted by molar-refractivity contribution is -0.128. The highest BCUT2D eigenvalue weighted by molar-refractivity contribution is 5.90. The normalized spacial score (nSPS) is 24.4. The van der Waals surface area contributed by atoms with Gasteiger partial charge in [-0.05, 0) is 94.8 Å². The summed E-state index contributed by atoms with van der Waals surface area (Å²) in [6.07, 6.45) is 11.2. The average Bonchev–Trinajstić information content (AvgIpc) is 3.23. The van der Waals surface area contributed by atoms with Crippen molar-refractivity contribution in [1.82, 2.24) is 30.3 Å². The van der Waals surface area contributed by atoms with E-state index in [9.17, 15) is 14.4 Å². The second-order valence-electron chi connectivity index (χ2n) is 11.2. The Bertz CT molecular complexity index is 908. The lowest BCUT2D eigenvalue weighted by Crippen LogP contribution is -2.47. The number of aromatic nitrogens is 1. The smallest absolute Gasteiger partial charge is 0.226 e. The Kier molecular flexibility index (Phi) is 9.54. The van der Waals surface area contributed by atoms with E-state index < -0.39 is 0 Å². The molecule has 1 aromatic rings. The first-order valence-electron chi connectivity index (χ1n) is 14.0. The standard InChI is InChI=1S/C28H44N6O3/c1-29-24(35)7-4-14-33-16-8-28(9-17-33)10-18-34(19-11-28)15-5-13-31-27(37)23-20-25(36)32(2)26(23)22-6-3-12-30-21-22/h3,6,12,21,23,26H,4-5,7-11,13-20H2,1-2H3,(H,29,35)(H,31,37)/t23-,26+/m0/s1. The van der Waals surface area contributed by atoms with Gasteiger partial charge in [-0.25, -0.2) is 0 Å². The lowest BCUT2D eigenvalue weighted by atomic mass is 9.71. The molecule has 3 fully saturated rings. The highest BCUT2D eigenvalue weighted by Crippen LogP contribution is 2.41. The van der Waals surface area contributed by atoms with Gasteiger partial charge in [0.15, 0.2) is 0 Å². The van der Waals surface area contributed by atoms with Gasteiger partial charge in [-0.3, -0.25) is 19.4 Å². The zero-order valence-corrected chi connectivity index (χ0v) is 22.6. The molecule has 0 aliphatic carbocycles. The van der Waals surface area contributed by atoms with Gasteiger partial charge >= 0.3 is 0 Å². The Labute approximate surface area is 221 Å². The summed E-state index contributed by atoms with van der Waals surface area (Å²) in [5.74, 6) is -0.265. The van der Waals surface area contributed by atoms with Crippen molar-refractivity contribution >= 4 is 17.7 Å².